The lowest BCUT2D eigenvalue weighted by atomic mass is 10.1. The average molecular weight is 310 g/mol. The molecule has 3 rings (SSSR count). The fourth-order valence-corrected chi connectivity index (χ4v) is 2.84. The van der Waals surface area contributed by atoms with Gasteiger partial charge in [-0.1, -0.05) is 0 Å². The number of hydrogen-bond donors (Lipinski definition) is 2. The summed E-state index contributed by atoms with van der Waals surface area (Å²) in [5.41, 5.74) is 1.85. The Morgan fingerprint density at radius 2 is 2.28 bits per heavy atom. The fourth-order valence-electron chi connectivity index (χ4n) is 2.28. The first-order valence-corrected chi connectivity index (χ1v) is 6.74. The summed E-state index contributed by atoms with van der Waals surface area (Å²) in [6, 6.07) is 4.67. The minimum Gasteiger partial charge on any atom is -0.342 e. The van der Waals surface area contributed by atoms with E-state index in [9.17, 15) is 4.39 Å². The van der Waals surface area contributed by atoms with Crippen LogP contribution in [0, 0.1) is 5.82 Å². The molecule has 18 heavy (non-hydrogen) atoms. The monoisotopic (exact) mass is 309 g/mol. The van der Waals surface area contributed by atoms with Gasteiger partial charge in [-0.05, 0) is 47.1 Å². The summed E-state index contributed by atoms with van der Waals surface area (Å²) in [4.78, 5) is 7.76. The molecule has 0 aliphatic carbocycles. The van der Waals surface area contributed by atoms with E-state index in [0.29, 0.717) is 5.92 Å². The van der Waals surface area contributed by atoms with E-state index < -0.39 is 0 Å². The number of aromatic amines is 1. The van der Waals surface area contributed by atoms with Crippen LogP contribution in [0.25, 0.3) is 11.3 Å². The van der Waals surface area contributed by atoms with Crippen LogP contribution in [-0.2, 0) is 0 Å². The number of benzene rings is 1. The fraction of sp³-hybridized carbons (Fsp3) is 0.308. The van der Waals surface area contributed by atoms with Crippen LogP contribution in [-0.4, -0.2) is 23.1 Å². The summed E-state index contributed by atoms with van der Waals surface area (Å²) < 4.78 is 13.8. The quantitative estimate of drug-likeness (QED) is 0.895. The van der Waals surface area contributed by atoms with Gasteiger partial charge in [0.25, 0.3) is 0 Å². The van der Waals surface area contributed by atoms with Gasteiger partial charge in [0.2, 0.25) is 0 Å². The molecule has 1 atom stereocenters. The third-order valence-electron chi connectivity index (χ3n) is 3.26. The lowest BCUT2D eigenvalue weighted by Crippen LogP contribution is -2.08. The number of H-pyrrole nitrogens is 1. The molecule has 0 radical (unpaired) electrons. The normalized spacial score (nSPS) is 19.3. The molecule has 1 unspecified atom stereocenters. The Kier molecular flexibility index (Phi) is 3.18. The van der Waals surface area contributed by atoms with E-state index in [1.54, 1.807) is 6.07 Å². The second-order valence-electron chi connectivity index (χ2n) is 4.50. The molecule has 0 amide bonds. The Morgan fingerprint density at radius 1 is 1.39 bits per heavy atom. The van der Waals surface area contributed by atoms with E-state index in [4.69, 9.17) is 0 Å². The van der Waals surface area contributed by atoms with Crippen molar-refractivity contribution in [3.8, 4) is 11.3 Å². The summed E-state index contributed by atoms with van der Waals surface area (Å²) in [5, 5.41) is 3.32. The van der Waals surface area contributed by atoms with Gasteiger partial charge >= 0.3 is 0 Å². The van der Waals surface area contributed by atoms with Crippen LogP contribution in [0.4, 0.5) is 4.39 Å². The number of imidazole rings is 1. The van der Waals surface area contributed by atoms with Gasteiger partial charge in [-0.2, -0.15) is 0 Å². The summed E-state index contributed by atoms with van der Waals surface area (Å²) in [6.45, 7) is 2.01. The zero-order valence-corrected chi connectivity index (χ0v) is 11.3. The second kappa shape index (κ2) is 4.82. The van der Waals surface area contributed by atoms with Gasteiger partial charge in [-0.3, -0.25) is 0 Å². The van der Waals surface area contributed by atoms with Gasteiger partial charge in [-0.15, -0.1) is 0 Å². The predicted molar refractivity (Wildman–Crippen MR) is 71.9 cm³/mol. The van der Waals surface area contributed by atoms with Crippen LogP contribution >= 0.6 is 15.9 Å². The Labute approximate surface area is 113 Å². The summed E-state index contributed by atoms with van der Waals surface area (Å²) in [5.74, 6) is 1.22. The first-order chi connectivity index (χ1) is 8.74. The average Bonchev–Trinajstić information content (AvgIpc) is 2.99. The lowest BCUT2D eigenvalue weighted by Gasteiger charge is -2.04. The van der Waals surface area contributed by atoms with Crippen molar-refractivity contribution in [2.45, 2.75) is 12.3 Å². The van der Waals surface area contributed by atoms with Crippen LogP contribution in [0.5, 0.6) is 0 Å². The van der Waals surface area contributed by atoms with E-state index in [2.05, 4.69) is 31.2 Å². The Hall–Kier alpha value is -1.20. The van der Waals surface area contributed by atoms with Crippen molar-refractivity contribution in [2.24, 2.45) is 0 Å². The molecule has 2 N–H and O–H groups in total. The SMILES string of the molecule is Fc1ccc(-c2cnc(C3CCNC3)[nH]2)c(Br)c1. The molecule has 1 fully saturated rings. The number of hydrogen-bond acceptors (Lipinski definition) is 2. The minimum absolute atomic E-state index is 0.245. The van der Waals surface area contributed by atoms with Crippen molar-refractivity contribution in [3.63, 3.8) is 0 Å². The molecule has 94 valence electrons. The number of aromatic nitrogens is 2. The van der Waals surface area contributed by atoms with Gasteiger partial charge in [0.15, 0.2) is 0 Å². The molecule has 1 aliphatic rings. The van der Waals surface area contributed by atoms with Crippen LogP contribution in [0.1, 0.15) is 18.2 Å². The number of nitrogens with zero attached hydrogens (tertiary/aromatic N) is 1. The van der Waals surface area contributed by atoms with Crippen molar-refractivity contribution in [3.05, 3.63) is 40.5 Å². The Balaban J connectivity index is 1.92. The van der Waals surface area contributed by atoms with E-state index in [1.807, 2.05) is 6.20 Å². The molecule has 1 aromatic heterocycles. The van der Waals surface area contributed by atoms with Crippen molar-refractivity contribution in [1.82, 2.24) is 15.3 Å². The van der Waals surface area contributed by atoms with Crippen molar-refractivity contribution in [1.29, 1.82) is 0 Å². The number of nitrogens with one attached hydrogen (secondary N) is 2. The molecule has 0 saturated carbocycles. The van der Waals surface area contributed by atoms with E-state index in [1.165, 1.54) is 12.1 Å². The second-order valence-corrected chi connectivity index (χ2v) is 5.35. The Morgan fingerprint density at radius 3 is 3.00 bits per heavy atom. The van der Waals surface area contributed by atoms with E-state index in [-0.39, 0.29) is 5.82 Å². The topological polar surface area (TPSA) is 40.7 Å². The van der Waals surface area contributed by atoms with E-state index in [0.717, 1.165) is 41.1 Å². The molecule has 1 saturated heterocycles. The summed E-state index contributed by atoms with van der Waals surface area (Å²) in [7, 11) is 0. The van der Waals surface area contributed by atoms with Crippen LogP contribution in [0.2, 0.25) is 0 Å². The highest BCUT2D eigenvalue weighted by molar-refractivity contribution is 9.10. The van der Waals surface area contributed by atoms with Crippen LogP contribution < -0.4 is 5.32 Å². The van der Waals surface area contributed by atoms with Crippen molar-refractivity contribution >= 4 is 15.9 Å². The third kappa shape index (κ3) is 2.20. The zero-order valence-electron chi connectivity index (χ0n) is 9.71. The maximum absolute atomic E-state index is 13.1. The van der Waals surface area contributed by atoms with Crippen molar-refractivity contribution < 1.29 is 4.39 Å². The molecule has 5 heteroatoms. The van der Waals surface area contributed by atoms with Crippen LogP contribution in [0.15, 0.2) is 28.9 Å². The lowest BCUT2D eigenvalue weighted by molar-refractivity contribution is 0.627. The molecule has 2 heterocycles. The molecule has 0 spiro atoms. The molecular weight excluding hydrogens is 297 g/mol. The maximum atomic E-state index is 13.1. The van der Waals surface area contributed by atoms with Gasteiger partial charge in [0.1, 0.15) is 11.6 Å². The highest BCUT2D eigenvalue weighted by atomic mass is 79.9. The highest BCUT2D eigenvalue weighted by Gasteiger charge is 2.20. The molecule has 2 aromatic rings. The number of halogens is 2. The molecule has 0 bridgehead atoms. The van der Waals surface area contributed by atoms with Crippen LogP contribution in [0.3, 0.4) is 0 Å². The van der Waals surface area contributed by atoms with E-state index >= 15 is 0 Å². The van der Waals surface area contributed by atoms with Gasteiger partial charge in [0, 0.05) is 22.5 Å². The smallest absolute Gasteiger partial charge is 0.124 e. The molecule has 1 aliphatic heterocycles. The highest BCUT2D eigenvalue weighted by Crippen LogP contribution is 2.29. The standard InChI is InChI=1S/C13H13BrFN3/c14-11-5-9(15)1-2-10(11)12-7-17-13(18-12)8-3-4-16-6-8/h1-2,5,7-8,16H,3-4,6H2,(H,17,18). The van der Waals surface area contributed by atoms with Gasteiger partial charge in [0.05, 0.1) is 11.9 Å². The summed E-state index contributed by atoms with van der Waals surface area (Å²) in [6.07, 6.45) is 2.92. The first-order valence-electron chi connectivity index (χ1n) is 5.95. The molecule has 1 aromatic carbocycles. The largest absolute Gasteiger partial charge is 0.342 e. The predicted octanol–water partition coefficient (Wildman–Crippen LogP) is 3.06. The van der Waals surface area contributed by atoms with Gasteiger partial charge < -0.3 is 10.3 Å². The number of rotatable bonds is 2. The molecule has 3 nitrogen and oxygen atoms in total. The minimum atomic E-state index is -0.245. The maximum Gasteiger partial charge on any atom is 0.124 e. The van der Waals surface area contributed by atoms with Gasteiger partial charge in [-0.25, -0.2) is 9.37 Å². The zero-order chi connectivity index (χ0) is 12.5. The summed E-state index contributed by atoms with van der Waals surface area (Å²) >= 11 is 3.38. The first kappa shape index (κ1) is 11.9. The third-order valence-corrected chi connectivity index (χ3v) is 3.92. The van der Waals surface area contributed by atoms with Crippen molar-refractivity contribution in [2.75, 3.05) is 13.1 Å². The molecular formula is C13H13BrFN3. The Bertz CT molecular complexity index is 561.